The summed E-state index contributed by atoms with van der Waals surface area (Å²) in [6, 6.07) is 2.05. The number of likely N-dealkylation sites (tertiary alicyclic amines) is 1. The number of aliphatic carboxylic acids is 1. The highest BCUT2D eigenvalue weighted by Crippen LogP contribution is 2.28. The third-order valence-electron chi connectivity index (χ3n) is 4.26. The lowest BCUT2D eigenvalue weighted by Crippen LogP contribution is -2.44. The molecule has 0 aliphatic carbocycles. The quantitative estimate of drug-likeness (QED) is 0.858. The van der Waals surface area contributed by atoms with Crippen LogP contribution in [0, 0.1) is 5.92 Å². The number of hydrogen-bond donors (Lipinski definition) is 2. The minimum Gasteiger partial charge on any atom is -0.481 e. The number of hydrogen-bond acceptors (Lipinski definition) is 6. The van der Waals surface area contributed by atoms with Gasteiger partial charge in [-0.2, -0.15) is 0 Å². The second-order valence-electron chi connectivity index (χ2n) is 5.88. The third kappa shape index (κ3) is 3.48. The van der Waals surface area contributed by atoms with E-state index >= 15 is 0 Å². The van der Waals surface area contributed by atoms with Crippen molar-refractivity contribution in [1.82, 2.24) is 14.9 Å². The average Bonchev–Trinajstić information content (AvgIpc) is 3.03. The number of carboxylic acid groups (broad SMARTS) is 1. The maximum Gasteiger partial charge on any atom is 0.308 e. The molecule has 3 heterocycles. The molecule has 1 aliphatic heterocycles. The largest absolute Gasteiger partial charge is 0.481 e. The maximum absolute atomic E-state index is 12.4. The summed E-state index contributed by atoms with van der Waals surface area (Å²) >= 11 is 1.63. The first kappa shape index (κ1) is 16.6. The van der Waals surface area contributed by atoms with Gasteiger partial charge < -0.3 is 15.3 Å². The lowest BCUT2D eigenvalue weighted by Gasteiger charge is -2.30. The van der Waals surface area contributed by atoms with Crippen LogP contribution in [0.4, 0.5) is 5.82 Å². The summed E-state index contributed by atoms with van der Waals surface area (Å²) in [4.78, 5) is 35.7. The van der Waals surface area contributed by atoms with Crippen LogP contribution in [0.5, 0.6) is 0 Å². The number of thiophene rings is 1. The Bertz CT molecular complexity index is 761. The van der Waals surface area contributed by atoms with Crippen molar-refractivity contribution in [3.8, 4) is 0 Å². The normalized spacial score (nSPS) is 17.9. The van der Waals surface area contributed by atoms with Gasteiger partial charge in [-0.1, -0.05) is 6.92 Å². The molecule has 3 rings (SSSR count). The van der Waals surface area contributed by atoms with E-state index in [1.807, 2.05) is 6.07 Å². The molecule has 1 atom stereocenters. The second-order valence-corrected chi connectivity index (χ2v) is 6.99. The number of aryl methyl sites for hydroxylation is 1. The Hall–Kier alpha value is -2.22. The van der Waals surface area contributed by atoms with Gasteiger partial charge in [0.05, 0.1) is 17.8 Å². The molecule has 0 saturated carbocycles. The average molecular weight is 348 g/mol. The van der Waals surface area contributed by atoms with E-state index in [1.165, 1.54) is 11.2 Å². The van der Waals surface area contributed by atoms with Gasteiger partial charge in [0.25, 0.3) is 0 Å². The Morgan fingerprint density at radius 3 is 3.04 bits per heavy atom. The second kappa shape index (κ2) is 7.12. The van der Waals surface area contributed by atoms with Gasteiger partial charge in [-0.05, 0) is 25.3 Å². The SMILES string of the molecule is CCc1cc2c(NCC(=O)N3CCCC(C(=O)O)C3)ncnc2s1. The number of carboxylic acids is 1. The van der Waals surface area contributed by atoms with Crippen molar-refractivity contribution >= 4 is 39.2 Å². The molecule has 0 bridgehead atoms. The number of carbonyl (C=O) groups is 2. The van der Waals surface area contributed by atoms with Gasteiger partial charge in [0, 0.05) is 18.0 Å². The fourth-order valence-corrected chi connectivity index (χ4v) is 3.83. The number of nitrogens with zero attached hydrogens (tertiary/aromatic N) is 3. The molecule has 1 fully saturated rings. The smallest absolute Gasteiger partial charge is 0.308 e. The van der Waals surface area contributed by atoms with Crippen LogP contribution in [0.25, 0.3) is 10.2 Å². The van der Waals surface area contributed by atoms with E-state index in [4.69, 9.17) is 5.11 Å². The molecule has 2 aromatic rings. The van der Waals surface area contributed by atoms with E-state index in [9.17, 15) is 9.59 Å². The number of piperidine rings is 1. The van der Waals surface area contributed by atoms with Gasteiger partial charge in [-0.3, -0.25) is 9.59 Å². The van der Waals surface area contributed by atoms with Crippen molar-refractivity contribution in [2.75, 3.05) is 25.0 Å². The molecule has 1 amide bonds. The lowest BCUT2D eigenvalue weighted by atomic mass is 9.98. The molecular weight excluding hydrogens is 328 g/mol. The Kier molecular flexibility index (Phi) is 4.94. The first-order valence-corrected chi connectivity index (χ1v) is 8.88. The molecule has 2 aromatic heterocycles. The molecular formula is C16H20N4O3S. The summed E-state index contributed by atoms with van der Waals surface area (Å²) in [5.74, 6) is -0.740. The predicted octanol–water partition coefficient (Wildman–Crippen LogP) is 1.99. The molecule has 0 spiro atoms. The zero-order valence-corrected chi connectivity index (χ0v) is 14.3. The van der Waals surface area contributed by atoms with Crippen LogP contribution in [0.15, 0.2) is 12.4 Å². The number of anilines is 1. The monoisotopic (exact) mass is 348 g/mol. The number of amides is 1. The van der Waals surface area contributed by atoms with Crippen LogP contribution in [0.1, 0.15) is 24.6 Å². The van der Waals surface area contributed by atoms with Gasteiger partial charge in [0.1, 0.15) is 17.0 Å². The summed E-state index contributed by atoms with van der Waals surface area (Å²) in [6.45, 7) is 3.09. The van der Waals surface area contributed by atoms with Crippen LogP contribution in [-0.4, -0.2) is 51.5 Å². The fourth-order valence-electron chi connectivity index (χ4n) is 2.90. The summed E-state index contributed by atoms with van der Waals surface area (Å²) < 4.78 is 0. The highest BCUT2D eigenvalue weighted by atomic mass is 32.1. The molecule has 1 saturated heterocycles. The molecule has 0 aromatic carbocycles. The zero-order chi connectivity index (χ0) is 17.1. The van der Waals surface area contributed by atoms with E-state index in [1.54, 1.807) is 16.2 Å². The van der Waals surface area contributed by atoms with Crippen LogP contribution < -0.4 is 5.32 Å². The summed E-state index contributed by atoms with van der Waals surface area (Å²) in [5, 5.41) is 13.1. The molecule has 1 unspecified atom stereocenters. The topological polar surface area (TPSA) is 95.4 Å². The Balaban J connectivity index is 1.66. The van der Waals surface area contributed by atoms with Gasteiger partial charge in [0.2, 0.25) is 5.91 Å². The van der Waals surface area contributed by atoms with E-state index in [2.05, 4.69) is 22.2 Å². The summed E-state index contributed by atoms with van der Waals surface area (Å²) in [6.07, 6.45) is 3.79. The predicted molar refractivity (Wildman–Crippen MR) is 92.2 cm³/mol. The van der Waals surface area contributed by atoms with Crippen molar-refractivity contribution in [3.05, 3.63) is 17.3 Å². The van der Waals surface area contributed by atoms with E-state index in [-0.39, 0.29) is 19.0 Å². The van der Waals surface area contributed by atoms with Crippen LogP contribution in [0.3, 0.4) is 0 Å². The molecule has 8 heteroatoms. The van der Waals surface area contributed by atoms with Crippen LogP contribution >= 0.6 is 11.3 Å². The molecule has 24 heavy (non-hydrogen) atoms. The van der Waals surface area contributed by atoms with Crippen LogP contribution in [-0.2, 0) is 16.0 Å². The summed E-state index contributed by atoms with van der Waals surface area (Å²) in [7, 11) is 0. The van der Waals surface area contributed by atoms with Crippen molar-refractivity contribution in [2.45, 2.75) is 26.2 Å². The van der Waals surface area contributed by atoms with Crippen LogP contribution in [0.2, 0.25) is 0 Å². The number of carbonyl (C=O) groups excluding carboxylic acids is 1. The maximum atomic E-state index is 12.4. The summed E-state index contributed by atoms with van der Waals surface area (Å²) in [5.41, 5.74) is 0. The standard InChI is InChI=1S/C16H20N4O3S/c1-2-11-6-12-14(18-9-19-15(12)24-11)17-7-13(21)20-5-3-4-10(8-20)16(22)23/h6,9-10H,2-5,7-8H2,1H3,(H,22,23)(H,17,18,19). The highest BCUT2D eigenvalue weighted by Gasteiger charge is 2.27. The van der Waals surface area contributed by atoms with E-state index in [0.29, 0.717) is 18.8 Å². The van der Waals surface area contributed by atoms with E-state index in [0.717, 1.165) is 23.1 Å². The van der Waals surface area contributed by atoms with Gasteiger partial charge in [-0.15, -0.1) is 11.3 Å². The molecule has 0 radical (unpaired) electrons. The Morgan fingerprint density at radius 1 is 1.46 bits per heavy atom. The fraction of sp³-hybridized carbons (Fsp3) is 0.500. The van der Waals surface area contributed by atoms with E-state index < -0.39 is 11.9 Å². The number of nitrogens with one attached hydrogen (secondary N) is 1. The third-order valence-corrected chi connectivity index (χ3v) is 5.45. The molecule has 7 nitrogen and oxygen atoms in total. The Morgan fingerprint density at radius 2 is 2.29 bits per heavy atom. The van der Waals surface area contributed by atoms with Gasteiger partial charge in [0.15, 0.2) is 0 Å². The zero-order valence-electron chi connectivity index (χ0n) is 13.5. The van der Waals surface area contributed by atoms with Crippen molar-refractivity contribution < 1.29 is 14.7 Å². The first-order valence-electron chi connectivity index (χ1n) is 8.06. The van der Waals surface area contributed by atoms with Gasteiger partial charge in [-0.25, -0.2) is 9.97 Å². The number of rotatable bonds is 5. The number of fused-ring (bicyclic) bond motifs is 1. The molecule has 128 valence electrons. The Labute approximate surface area is 143 Å². The minimum absolute atomic E-state index is 0.0985. The van der Waals surface area contributed by atoms with Gasteiger partial charge >= 0.3 is 5.97 Å². The van der Waals surface area contributed by atoms with Crippen molar-refractivity contribution in [3.63, 3.8) is 0 Å². The first-order chi connectivity index (χ1) is 11.6. The number of aromatic nitrogens is 2. The highest BCUT2D eigenvalue weighted by molar-refractivity contribution is 7.18. The minimum atomic E-state index is -0.830. The lowest BCUT2D eigenvalue weighted by molar-refractivity contribution is -0.145. The van der Waals surface area contributed by atoms with Crippen molar-refractivity contribution in [2.24, 2.45) is 5.92 Å². The van der Waals surface area contributed by atoms with Crippen molar-refractivity contribution in [1.29, 1.82) is 0 Å². The molecule has 2 N–H and O–H groups in total. The molecule has 1 aliphatic rings.